The van der Waals surface area contributed by atoms with E-state index < -0.39 is 5.54 Å². The van der Waals surface area contributed by atoms with Gasteiger partial charge in [0.25, 0.3) is 0 Å². The molecule has 1 heterocycles. The van der Waals surface area contributed by atoms with E-state index in [2.05, 4.69) is 50.4 Å². The number of nitrogens with one attached hydrogen (secondary N) is 1. The van der Waals surface area contributed by atoms with Gasteiger partial charge in [-0.1, -0.05) is 45.0 Å². The van der Waals surface area contributed by atoms with Crippen molar-refractivity contribution in [3.05, 3.63) is 35.4 Å². The van der Waals surface area contributed by atoms with Crippen LogP contribution in [0.25, 0.3) is 0 Å². The van der Waals surface area contributed by atoms with Crippen LogP contribution in [0, 0.1) is 0 Å². The zero-order valence-corrected chi connectivity index (χ0v) is 14.1. The van der Waals surface area contributed by atoms with Gasteiger partial charge in [-0.2, -0.15) is 0 Å². The molecule has 1 unspecified atom stereocenters. The molecule has 4 heteroatoms. The summed E-state index contributed by atoms with van der Waals surface area (Å²) in [7, 11) is 0. The summed E-state index contributed by atoms with van der Waals surface area (Å²) in [6.45, 7) is 9.67. The van der Waals surface area contributed by atoms with Crippen molar-refractivity contribution in [3.63, 3.8) is 0 Å². The molecule has 2 rings (SSSR count). The van der Waals surface area contributed by atoms with E-state index in [-0.39, 0.29) is 17.4 Å². The lowest BCUT2D eigenvalue weighted by atomic mass is 9.86. The Morgan fingerprint density at radius 2 is 1.77 bits per heavy atom. The van der Waals surface area contributed by atoms with Crippen LogP contribution in [0.4, 0.5) is 0 Å². The van der Waals surface area contributed by atoms with Crippen LogP contribution in [0.15, 0.2) is 24.3 Å². The molecule has 1 aliphatic rings. The van der Waals surface area contributed by atoms with Crippen LogP contribution in [0.2, 0.25) is 0 Å². The lowest BCUT2D eigenvalue weighted by Gasteiger charge is -2.33. The monoisotopic (exact) mass is 304 g/mol. The SMILES string of the molecule is CC(NC(=O)C1(N)CCOCC1)c1ccc(C(C)(C)C)cc1. The maximum absolute atomic E-state index is 12.4. The summed E-state index contributed by atoms with van der Waals surface area (Å²) in [5, 5.41) is 3.05. The van der Waals surface area contributed by atoms with Crippen LogP contribution in [-0.2, 0) is 14.9 Å². The molecule has 122 valence electrons. The molecule has 1 fully saturated rings. The van der Waals surface area contributed by atoms with Crippen LogP contribution >= 0.6 is 0 Å². The van der Waals surface area contributed by atoms with Crippen molar-refractivity contribution in [1.82, 2.24) is 5.32 Å². The highest BCUT2D eigenvalue weighted by Gasteiger charge is 2.36. The Kier molecular flexibility index (Phi) is 4.93. The minimum absolute atomic E-state index is 0.0511. The van der Waals surface area contributed by atoms with Gasteiger partial charge < -0.3 is 15.8 Å². The fourth-order valence-electron chi connectivity index (χ4n) is 2.66. The third-order valence-electron chi connectivity index (χ3n) is 4.46. The second-order valence-electron chi connectivity index (χ2n) is 7.34. The Morgan fingerprint density at radius 1 is 1.23 bits per heavy atom. The average molecular weight is 304 g/mol. The molecule has 1 aliphatic heterocycles. The fourth-order valence-corrected chi connectivity index (χ4v) is 2.66. The third-order valence-corrected chi connectivity index (χ3v) is 4.46. The highest BCUT2D eigenvalue weighted by molar-refractivity contribution is 5.86. The van der Waals surface area contributed by atoms with Crippen LogP contribution in [-0.4, -0.2) is 24.7 Å². The van der Waals surface area contributed by atoms with Gasteiger partial charge in [0, 0.05) is 13.2 Å². The van der Waals surface area contributed by atoms with Crippen LogP contribution in [0.5, 0.6) is 0 Å². The number of carbonyl (C=O) groups excluding carboxylic acids is 1. The Balaban J connectivity index is 2.02. The first kappa shape index (κ1) is 17.0. The molecular formula is C18H28N2O2. The van der Waals surface area contributed by atoms with Crippen molar-refractivity contribution >= 4 is 5.91 Å². The van der Waals surface area contributed by atoms with Gasteiger partial charge in [0.15, 0.2) is 0 Å². The van der Waals surface area contributed by atoms with Gasteiger partial charge >= 0.3 is 0 Å². The number of hydrogen-bond acceptors (Lipinski definition) is 3. The van der Waals surface area contributed by atoms with Gasteiger partial charge in [-0.15, -0.1) is 0 Å². The molecule has 0 spiro atoms. The van der Waals surface area contributed by atoms with Gasteiger partial charge in [0.2, 0.25) is 5.91 Å². The van der Waals surface area contributed by atoms with Crippen LogP contribution in [0.3, 0.4) is 0 Å². The maximum Gasteiger partial charge on any atom is 0.240 e. The first-order valence-electron chi connectivity index (χ1n) is 8.00. The van der Waals surface area contributed by atoms with Crippen molar-refractivity contribution in [2.45, 2.75) is 57.5 Å². The summed E-state index contributed by atoms with van der Waals surface area (Å²) in [5.74, 6) is -0.0804. The average Bonchev–Trinajstić information content (AvgIpc) is 2.47. The summed E-state index contributed by atoms with van der Waals surface area (Å²) < 4.78 is 5.29. The number of ether oxygens (including phenoxy) is 1. The van der Waals surface area contributed by atoms with E-state index in [1.54, 1.807) is 0 Å². The molecule has 0 aliphatic carbocycles. The van der Waals surface area contributed by atoms with E-state index in [4.69, 9.17) is 10.5 Å². The number of amides is 1. The second kappa shape index (κ2) is 6.39. The zero-order valence-electron chi connectivity index (χ0n) is 14.1. The summed E-state index contributed by atoms with van der Waals surface area (Å²) in [6.07, 6.45) is 1.16. The van der Waals surface area contributed by atoms with E-state index in [1.165, 1.54) is 5.56 Å². The molecule has 0 radical (unpaired) electrons. The van der Waals surface area contributed by atoms with Gasteiger partial charge in [-0.3, -0.25) is 4.79 Å². The molecule has 1 amide bonds. The van der Waals surface area contributed by atoms with Crippen LogP contribution < -0.4 is 11.1 Å². The highest BCUT2D eigenvalue weighted by atomic mass is 16.5. The molecule has 0 aromatic heterocycles. The molecule has 22 heavy (non-hydrogen) atoms. The number of carbonyl (C=O) groups is 1. The van der Waals surface area contributed by atoms with E-state index in [0.717, 1.165) is 5.56 Å². The highest BCUT2D eigenvalue weighted by Crippen LogP contribution is 2.25. The number of hydrogen-bond donors (Lipinski definition) is 2. The molecule has 1 aromatic rings. The predicted octanol–water partition coefficient (Wildman–Crippen LogP) is 2.67. The maximum atomic E-state index is 12.4. The molecule has 1 atom stereocenters. The van der Waals surface area contributed by atoms with Gasteiger partial charge in [0.1, 0.15) is 0 Å². The van der Waals surface area contributed by atoms with E-state index in [9.17, 15) is 4.79 Å². The van der Waals surface area contributed by atoms with E-state index in [1.807, 2.05) is 6.92 Å². The second-order valence-corrected chi connectivity index (χ2v) is 7.34. The molecule has 0 saturated carbocycles. The summed E-state index contributed by atoms with van der Waals surface area (Å²) in [5.41, 5.74) is 7.94. The minimum Gasteiger partial charge on any atom is -0.381 e. The standard InChI is InChI=1S/C18H28N2O2/c1-13(14-5-7-15(8-6-14)17(2,3)4)20-16(21)18(19)9-11-22-12-10-18/h5-8,13H,9-12,19H2,1-4H3,(H,20,21). The van der Waals surface area contributed by atoms with Crippen LogP contribution in [0.1, 0.15) is 57.7 Å². The van der Waals surface area contributed by atoms with Crippen molar-refractivity contribution in [2.75, 3.05) is 13.2 Å². The van der Waals surface area contributed by atoms with Gasteiger partial charge in [-0.05, 0) is 36.3 Å². The van der Waals surface area contributed by atoms with E-state index in [0.29, 0.717) is 26.1 Å². The van der Waals surface area contributed by atoms with Gasteiger partial charge in [-0.25, -0.2) is 0 Å². The largest absolute Gasteiger partial charge is 0.381 e. The molecule has 1 saturated heterocycles. The quantitative estimate of drug-likeness (QED) is 0.902. The van der Waals surface area contributed by atoms with Crippen molar-refractivity contribution < 1.29 is 9.53 Å². The fraction of sp³-hybridized carbons (Fsp3) is 0.611. The summed E-state index contributed by atoms with van der Waals surface area (Å²) in [6, 6.07) is 8.37. The Hall–Kier alpha value is -1.39. The van der Waals surface area contributed by atoms with Crippen molar-refractivity contribution in [3.8, 4) is 0 Å². The predicted molar refractivity (Wildman–Crippen MR) is 88.7 cm³/mol. The zero-order chi connectivity index (χ0) is 16.4. The Morgan fingerprint density at radius 3 is 2.27 bits per heavy atom. The van der Waals surface area contributed by atoms with Gasteiger partial charge in [0.05, 0.1) is 11.6 Å². The first-order chi connectivity index (χ1) is 10.2. The normalized spacial score (nSPS) is 19.5. The van der Waals surface area contributed by atoms with Crippen molar-refractivity contribution in [1.29, 1.82) is 0 Å². The van der Waals surface area contributed by atoms with Crippen molar-refractivity contribution in [2.24, 2.45) is 5.73 Å². The molecular weight excluding hydrogens is 276 g/mol. The Bertz CT molecular complexity index is 511. The molecule has 4 nitrogen and oxygen atoms in total. The lowest BCUT2D eigenvalue weighted by molar-refractivity contribution is -0.130. The molecule has 1 aromatic carbocycles. The third kappa shape index (κ3) is 3.87. The number of nitrogens with two attached hydrogens (primary N) is 1. The topological polar surface area (TPSA) is 64.4 Å². The Labute approximate surface area is 133 Å². The minimum atomic E-state index is -0.794. The van der Waals surface area contributed by atoms with E-state index >= 15 is 0 Å². The smallest absolute Gasteiger partial charge is 0.240 e. The summed E-state index contributed by atoms with van der Waals surface area (Å²) >= 11 is 0. The summed E-state index contributed by atoms with van der Waals surface area (Å²) in [4.78, 5) is 12.4. The lowest BCUT2D eigenvalue weighted by Crippen LogP contribution is -2.57. The number of rotatable bonds is 3. The molecule has 0 bridgehead atoms. The number of benzene rings is 1. The molecule has 3 N–H and O–H groups in total. The first-order valence-corrected chi connectivity index (χ1v) is 8.00.